The average Bonchev–Trinajstić information content (AvgIpc) is 3.34. The molecule has 0 radical (unpaired) electrons. The number of aryl methyl sites for hydroxylation is 2. The number of allylic oxidation sites excluding steroid dienone is 2. The minimum Gasteiger partial charge on any atom is -0.382 e. The number of amidine groups is 1. The maximum absolute atomic E-state index is 7.97. The summed E-state index contributed by atoms with van der Waals surface area (Å²) in [5.74, 6) is -0.116. The molecule has 1 atom stereocenters. The van der Waals surface area contributed by atoms with Gasteiger partial charge in [0.05, 0.1) is 17.7 Å². The summed E-state index contributed by atoms with van der Waals surface area (Å²) in [6, 6.07) is 10.3. The Balaban J connectivity index is 1.60. The molecular formula is C23H26N6O2. The summed E-state index contributed by atoms with van der Waals surface area (Å²) in [6.07, 6.45) is 6.59. The molecule has 1 aliphatic rings. The van der Waals surface area contributed by atoms with Gasteiger partial charge >= 0.3 is 0 Å². The number of hydroxylamine groups is 2. The number of ether oxygens (including phenoxy) is 1. The second-order valence-electron chi connectivity index (χ2n) is 7.42. The van der Waals surface area contributed by atoms with Crippen LogP contribution in [-0.2, 0) is 16.6 Å². The van der Waals surface area contributed by atoms with Crippen molar-refractivity contribution in [2.45, 2.75) is 13.2 Å². The van der Waals surface area contributed by atoms with Gasteiger partial charge in [0.2, 0.25) is 0 Å². The lowest BCUT2D eigenvalue weighted by Crippen LogP contribution is -2.43. The largest absolute Gasteiger partial charge is 0.382 e. The van der Waals surface area contributed by atoms with Crippen LogP contribution in [0.4, 0.5) is 0 Å². The van der Waals surface area contributed by atoms with Crippen molar-refractivity contribution in [3.05, 3.63) is 78.7 Å². The molecule has 31 heavy (non-hydrogen) atoms. The fraction of sp³-hybridized carbons (Fsp3) is 0.217. The van der Waals surface area contributed by atoms with Crippen LogP contribution in [-0.4, -0.2) is 45.0 Å². The Morgan fingerprint density at radius 3 is 2.71 bits per heavy atom. The van der Waals surface area contributed by atoms with Crippen LogP contribution in [0, 0.1) is 12.3 Å². The lowest BCUT2D eigenvalue weighted by Gasteiger charge is -2.36. The van der Waals surface area contributed by atoms with E-state index in [4.69, 9.17) is 20.7 Å². The fourth-order valence-corrected chi connectivity index (χ4v) is 3.75. The van der Waals surface area contributed by atoms with Crippen molar-refractivity contribution >= 4 is 28.0 Å². The van der Waals surface area contributed by atoms with Crippen LogP contribution in [0.25, 0.3) is 22.2 Å². The first-order valence-electron chi connectivity index (χ1n) is 9.85. The van der Waals surface area contributed by atoms with Crippen molar-refractivity contribution in [1.82, 2.24) is 19.2 Å². The zero-order valence-corrected chi connectivity index (χ0v) is 17.9. The number of nitrogens with two attached hydrogens (primary N) is 1. The third-order valence-electron chi connectivity index (χ3n) is 5.32. The summed E-state index contributed by atoms with van der Waals surface area (Å²) in [4.78, 5) is 10.4. The van der Waals surface area contributed by atoms with Crippen LogP contribution >= 0.6 is 0 Å². The number of fused-ring (bicyclic) bond motifs is 1. The van der Waals surface area contributed by atoms with Crippen LogP contribution in [0.5, 0.6) is 0 Å². The summed E-state index contributed by atoms with van der Waals surface area (Å²) >= 11 is 0. The molecule has 0 spiro atoms. The smallest absolute Gasteiger partial charge is 0.195 e. The van der Waals surface area contributed by atoms with Gasteiger partial charge in [-0.2, -0.15) is 0 Å². The van der Waals surface area contributed by atoms with Gasteiger partial charge in [-0.1, -0.05) is 24.8 Å². The third-order valence-corrected chi connectivity index (χ3v) is 5.32. The highest BCUT2D eigenvalue weighted by atomic mass is 16.7. The molecular weight excluding hydrogens is 392 g/mol. The van der Waals surface area contributed by atoms with Gasteiger partial charge in [-0.3, -0.25) is 10.2 Å². The first kappa shape index (κ1) is 20.6. The molecule has 4 rings (SSSR count). The number of nitrogens with one attached hydrogen (secondary N) is 1. The molecule has 0 aliphatic carbocycles. The molecule has 0 saturated heterocycles. The van der Waals surface area contributed by atoms with Gasteiger partial charge in [0, 0.05) is 37.0 Å². The van der Waals surface area contributed by atoms with Gasteiger partial charge in [0.1, 0.15) is 18.1 Å². The number of rotatable bonds is 7. The van der Waals surface area contributed by atoms with Crippen molar-refractivity contribution in [2.24, 2.45) is 12.8 Å². The molecule has 160 valence electrons. The predicted molar refractivity (Wildman–Crippen MR) is 122 cm³/mol. The van der Waals surface area contributed by atoms with Gasteiger partial charge in [0.15, 0.2) is 6.23 Å². The minimum atomic E-state index is -0.613. The summed E-state index contributed by atoms with van der Waals surface area (Å²) in [5.41, 5.74) is 10.8. The first-order chi connectivity index (χ1) is 14.9. The number of benzene rings is 1. The highest BCUT2D eigenvalue weighted by molar-refractivity contribution is 5.95. The van der Waals surface area contributed by atoms with E-state index in [1.165, 1.54) is 5.06 Å². The van der Waals surface area contributed by atoms with Gasteiger partial charge < -0.3 is 19.6 Å². The summed E-state index contributed by atoms with van der Waals surface area (Å²) in [5, 5.41) is 10.6. The Kier molecular flexibility index (Phi) is 5.50. The van der Waals surface area contributed by atoms with Gasteiger partial charge in [-0.05, 0) is 36.8 Å². The number of imidazole rings is 1. The average molecular weight is 419 g/mol. The van der Waals surface area contributed by atoms with Crippen molar-refractivity contribution in [3.8, 4) is 0 Å². The molecule has 3 aromatic rings. The number of methoxy groups -OCH3 is 1. The second-order valence-corrected chi connectivity index (χ2v) is 7.42. The molecule has 0 bridgehead atoms. The number of aromatic nitrogens is 3. The predicted octanol–water partition coefficient (Wildman–Crippen LogP) is 3.28. The SMILES string of the molecule is C=C(CON1C(C(=N)N)=CC=C(n2cnc(C)c2)C1OC)c1cc2ccccc2n1C. The molecule has 0 saturated carbocycles. The molecule has 2 aromatic heterocycles. The van der Waals surface area contributed by atoms with E-state index in [0.717, 1.165) is 33.6 Å². The maximum atomic E-state index is 7.97. The van der Waals surface area contributed by atoms with Crippen LogP contribution in [0.1, 0.15) is 11.4 Å². The van der Waals surface area contributed by atoms with Crippen molar-refractivity contribution in [3.63, 3.8) is 0 Å². The van der Waals surface area contributed by atoms with Crippen LogP contribution in [0.15, 0.2) is 67.3 Å². The van der Waals surface area contributed by atoms with Crippen molar-refractivity contribution in [2.75, 3.05) is 13.7 Å². The normalized spacial score (nSPS) is 16.4. The lowest BCUT2D eigenvalue weighted by molar-refractivity contribution is -0.192. The number of hydrogen-bond donors (Lipinski definition) is 2. The molecule has 0 fully saturated rings. The fourth-order valence-electron chi connectivity index (χ4n) is 3.75. The molecule has 8 heteroatoms. The zero-order valence-electron chi connectivity index (χ0n) is 17.9. The van der Waals surface area contributed by atoms with Gasteiger partial charge in [-0.15, -0.1) is 0 Å². The standard InChI is InChI=1S/C23H26N6O2/c1-15(21-11-17-7-5-6-8-18(17)27(21)3)13-31-29-19(22(24)25)9-10-20(23(29)30-4)28-12-16(2)26-14-28/h5-12,14,23H,1,13H2,2-4H3,(H3,24,25). The molecule has 3 heterocycles. The summed E-state index contributed by atoms with van der Waals surface area (Å²) < 4.78 is 9.68. The Labute approximate surface area is 180 Å². The van der Waals surface area contributed by atoms with E-state index in [0.29, 0.717) is 5.70 Å². The summed E-state index contributed by atoms with van der Waals surface area (Å²) in [6.45, 7) is 6.34. The van der Waals surface area contributed by atoms with E-state index in [1.54, 1.807) is 19.5 Å². The Morgan fingerprint density at radius 2 is 2.06 bits per heavy atom. The van der Waals surface area contributed by atoms with Crippen molar-refractivity contribution in [1.29, 1.82) is 5.41 Å². The van der Waals surface area contributed by atoms with Crippen molar-refractivity contribution < 1.29 is 9.57 Å². The molecule has 3 N–H and O–H groups in total. The van der Waals surface area contributed by atoms with Crippen LogP contribution < -0.4 is 5.73 Å². The van der Waals surface area contributed by atoms with E-state index in [1.807, 2.05) is 42.9 Å². The quantitative estimate of drug-likeness (QED) is 0.454. The third kappa shape index (κ3) is 3.78. The highest BCUT2D eigenvalue weighted by Gasteiger charge is 2.31. The minimum absolute atomic E-state index is 0.116. The van der Waals surface area contributed by atoms with Crippen LogP contribution in [0.3, 0.4) is 0 Å². The monoisotopic (exact) mass is 418 g/mol. The first-order valence-corrected chi connectivity index (χ1v) is 9.85. The second kappa shape index (κ2) is 8.25. The van der Waals surface area contributed by atoms with E-state index < -0.39 is 6.23 Å². The molecule has 0 amide bonds. The number of nitrogens with zero attached hydrogens (tertiary/aromatic N) is 4. The molecule has 1 aliphatic heterocycles. The molecule has 1 aromatic carbocycles. The summed E-state index contributed by atoms with van der Waals surface area (Å²) in [7, 11) is 3.59. The molecule has 8 nitrogen and oxygen atoms in total. The lowest BCUT2D eigenvalue weighted by atomic mass is 10.2. The Bertz CT molecular complexity index is 1220. The Hall–Kier alpha value is -3.62. The van der Waals surface area contributed by atoms with Gasteiger partial charge in [0.25, 0.3) is 0 Å². The van der Waals surface area contributed by atoms with Crippen LogP contribution in [0.2, 0.25) is 0 Å². The zero-order chi connectivity index (χ0) is 22.1. The Morgan fingerprint density at radius 1 is 1.29 bits per heavy atom. The van der Waals surface area contributed by atoms with E-state index in [2.05, 4.69) is 34.3 Å². The van der Waals surface area contributed by atoms with E-state index >= 15 is 0 Å². The van der Waals surface area contributed by atoms with Gasteiger partial charge in [-0.25, -0.2) is 10.0 Å². The van der Waals surface area contributed by atoms with E-state index in [-0.39, 0.29) is 12.4 Å². The number of para-hydroxylation sites is 1. The number of hydrogen-bond acceptors (Lipinski definition) is 5. The van der Waals surface area contributed by atoms with E-state index in [9.17, 15) is 0 Å². The topological polar surface area (TPSA) is 94.3 Å². The molecule has 1 unspecified atom stereocenters. The highest BCUT2D eigenvalue weighted by Crippen LogP contribution is 2.29. The maximum Gasteiger partial charge on any atom is 0.195 e.